The Morgan fingerprint density at radius 1 is 0.704 bits per heavy atom. The van der Waals surface area contributed by atoms with Crippen LogP contribution in [-0.4, -0.2) is 49.1 Å². The van der Waals surface area contributed by atoms with E-state index in [-0.39, 0.29) is 0 Å². The van der Waals surface area contributed by atoms with E-state index < -0.39 is 0 Å². The molecule has 140 valence electrons. The standard InChI is InChI=1S/C21H25N5S/c1-6-27-21-22-19(15-7-11-17(12-8-15)25(2)3)20(23-24-21)16-9-13-18(14-10-16)26(4)5/h7-14H,6H2,1-5H3. The van der Waals surface area contributed by atoms with Gasteiger partial charge in [0, 0.05) is 50.7 Å². The fourth-order valence-corrected chi connectivity index (χ4v) is 3.24. The number of thioether (sulfide) groups is 1. The molecule has 27 heavy (non-hydrogen) atoms. The highest BCUT2D eigenvalue weighted by Crippen LogP contribution is 2.31. The van der Waals surface area contributed by atoms with E-state index in [2.05, 4.69) is 75.5 Å². The average Bonchev–Trinajstić information content (AvgIpc) is 2.68. The molecule has 6 heteroatoms. The number of aromatic nitrogens is 3. The lowest BCUT2D eigenvalue weighted by Crippen LogP contribution is -2.08. The highest BCUT2D eigenvalue weighted by atomic mass is 32.2. The highest BCUT2D eigenvalue weighted by molar-refractivity contribution is 7.99. The second-order valence-corrected chi connectivity index (χ2v) is 7.84. The van der Waals surface area contributed by atoms with Crippen LogP contribution < -0.4 is 9.80 Å². The first kappa shape index (κ1) is 19.2. The summed E-state index contributed by atoms with van der Waals surface area (Å²) in [6.07, 6.45) is 0. The maximum atomic E-state index is 4.81. The lowest BCUT2D eigenvalue weighted by atomic mass is 10.0. The number of anilines is 2. The quantitative estimate of drug-likeness (QED) is 0.590. The Kier molecular flexibility index (Phi) is 5.96. The van der Waals surface area contributed by atoms with E-state index in [1.54, 1.807) is 11.8 Å². The molecule has 1 heterocycles. The van der Waals surface area contributed by atoms with Crippen molar-refractivity contribution in [1.29, 1.82) is 0 Å². The topological polar surface area (TPSA) is 45.2 Å². The van der Waals surface area contributed by atoms with Gasteiger partial charge in [-0.25, -0.2) is 4.98 Å². The van der Waals surface area contributed by atoms with Gasteiger partial charge in [-0.3, -0.25) is 0 Å². The zero-order valence-corrected chi connectivity index (χ0v) is 17.3. The number of nitrogens with zero attached hydrogens (tertiary/aromatic N) is 5. The number of hydrogen-bond donors (Lipinski definition) is 0. The summed E-state index contributed by atoms with van der Waals surface area (Å²) in [5, 5.41) is 9.54. The molecular weight excluding hydrogens is 354 g/mol. The van der Waals surface area contributed by atoms with Gasteiger partial charge in [0.1, 0.15) is 11.4 Å². The second-order valence-electron chi connectivity index (χ2n) is 6.61. The fourth-order valence-electron chi connectivity index (χ4n) is 2.73. The van der Waals surface area contributed by atoms with Crippen LogP contribution in [0, 0.1) is 0 Å². The SMILES string of the molecule is CCSc1nnc(-c2ccc(N(C)C)cc2)c(-c2ccc(N(C)C)cc2)n1. The van der Waals surface area contributed by atoms with Gasteiger partial charge in [0.05, 0.1) is 0 Å². The molecule has 0 radical (unpaired) electrons. The first-order valence-electron chi connectivity index (χ1n) is 8.92. The Bertz CT molecular complexity index is 889. The number of benzene rings is 2. The van der Waals surface area contributed by atoms with Crippen molar-refractivity contribution in [1.82, 2.24) is 15.2 Å². The van der Waals surface area contributed by atoms with Crippen LogP contribution in [0.5, 0.6) is 0 Å². The summed E-state index contributed by atoms with van der Waals surface area (Å²) in [5.74, 6) is 0.914. The normalized spacial score (nSPS) is 10.7. The van der Waals surface area contributed by atoms with Gasteiger partial charge in [-0.05, 0) is 30.0 Å². The first-order chi connectivity index (χ1) is 13.0. The van der Waals surface area contributed by atoms with E-state index >= 15 is 0 Å². The zero-order chi connectivity index (χ0) is 19.4. The van der Waals surface area contributed by atoms with Gasteiger partial charge >= 0.3 is 0 Å². The van der Waals surface area contributed by atoms with E-state index in [0.29, 0.717) is 5.16 Å². The van der Waals surface area contributed by atoms with Crippen molar-refractivity contribution in [3.8, 4) is 22.5 Å². The minimum Gasteiger partial charge on any atom is -0.378 e. The zero-order valence-electron chi connectivity index (χ0n) is 16.5. The van der Waals surface area contributed by atoms with Crippen LogP contribution in [0.3, 0.4) is 0 Å². The number of hydrogen-bond acceptors (Lipinski definition) is 6. The average molecular weight is 380 g/mol. The van der Waals surface area contributed by atoms with Gasteiger partial charge in [-0.15, -0.1) is 10.2 Å². The maximum Gasteiger partial charge on any atom is 0.209 e. The summed E-state index contributed by atoms with van der Waals surface area (Å²) in [4.78, 5) is 8.97. The van der Waals surface area contributed by atoms with Crippen molar-refractivity contribution in [3.63, 3.8) is 0 Å². The van der Waals surface area contributed by atoms with E-state index in [9.17, 15) is 0 Å². The molecule has 0 fully saturated rings. The van der Waals surface area contributed by atoms with Crippen molar-refractivity contribution < 1.29 is 0 Å². The second kappa shape index (κ2) is 8.39. The molecule has 3 rings (SSSR count). The van der Waals surface area contributed by atoms with Gasteiger partial charge in [0.2, 0.25) is 5.16 Å². The summed E-state index contributed by atoms with van der Waals surface area (Å²) >= 11 is 1.60. The van der Waals surface area contributed by atoms with Crippen LogP contribution in [0.25, 0.3) is 22.5 Å². The van der Waals surface area contributed by atoms with E-state index in [4.69, 9.17) is 4.98 Å². The van der Waals surface area contributed by atoms with Crippen molar-refractivity contribution >= 4 is 23.1 Å². The minimum atomic E-state index is 0.706. The Hall–Kier alpha value is -2.60. The molecule has 0 bridgehead atoms. The molecule has 0 atom stereocenters. The maximum absolute atomic E-state index is 4.81. The predicted molar refractivity (Wildman–Crippen MR) is 116 cm³/mol. The van der Waals surface area contributed by atoms with Crippen molar-refractivity contribution in [3.05, 3.63) is 48.5 Å². The minimum absolute atomic E-state index is 0.706. The monoisotopic (exact) mass is 379 g/mol. The summed E-state index contributed by atoms with van der Waals surface area (Å²) in [6.45, 7) is 2.09. The van der Waals surface area contributed by atoms with E-state index in [1.165, 1.54) is 0 Å². The summed E-state index contributed by atoms with van der Waals surface area (Å²) in [6, 6.07) is 16.7. The van der Waals surface area contributed by atoms with Gasteiger partial charge in [0.25, 0.3) is 0 Å². The van der Waals surface area contributed by atoms with Crippen LogP contribution in [0.15, 0.2) is 53.7 Å². The predicted octanol–water partition coefficient (Wildman–Crippen LogP) is 4.45. The third kappa shape index (κ3) is 4.39. The Morgan fingerprint density at radius 2 is 1.19 bits per heavy atom. The molecular formula is C21H25N5S. The lowest BCUT2D eigenvalue weighted by Gasteiger charge is -2.15. The molecule has 0 saturated heterocycles. The first-order valence-corrected chi connectivity index (χ1v) is 9.91. The molecule has 0 N–H and O–H groups in total. The van der Waals surface area contributed by atoms with Crippen LogP contribution in [0.4, 0.5) is 11.4 Å². The smallest absolute Gasteiger partial charge is 0.209 e. The highest BCUT2D eigenvalue weighted by Gasteiger charge is 2.14. The molecule has 0 aliphatic rings. The Morgan fingerprint density at radius 3 is 1.63 bits per heavy atom. The van der Waals surface area contributed by atoms with Gasteiger partial charge < -0.3 is 9.80 Å². The van der Waals surface area contributed by atoms with Crippen LogP contribution in [0.2, 0.25) is 0 Å². The van der Waals surface area contributed by atoms with Crippen LogP contribution in [-0.2, 0) is 0 Å². The molecule has 0 aliphatic heterocycles. The molecule has 0 unspecified atom stereocenters. The summed E-state index contributed by atoms with van der Waals surface area (Å²) in [5.41, 5.74) is 6.03. The Balaban J connectivity index is 2.07. The molecule has 3 aromatic rings. The molecule has 5 nitrogen and oxygen atoms in total. The Labute approximate surface area is 165 Å². The van der Waals surface area contributed by atoms with Crippen molar-refractivity contribution in [2.75, 3.05) is 43.7 Å². The van der Waals surface area contributed by atoms with Crippen LogP contribution >= 0.6 is 11.8 Å². The lowest BCUT2D eigenvalue weighted by molar-refractivity contribution is 0.850. The van der Waals surface area contributed by atoms with Crippen molar-refractivity contribution in [2.24, 2.45) is 0 Å². The fraction of sp³-hybridized carbons (Fsp3) is 0.286. The molecule has 0 saturated carbocycles. The number of rotatable bonds is 6. The molecule has 2 aromatic carbocycles. The third-order valence-corrected chi connectivity index (χ3v) is 4.97. The molecule has 0 aliphatic carbocycles. The summed E-state index contributed by atoms with van der Waals surface area (Å²) in [7, 11) is 8.14. The van der Waals surface area contributed by atoms with E-state index in [1.807, 2.05) is 28.2 Å². The van der Waals surface area contributed by atoms with E-state index in [0.717, 1.165) is 39.6 Å². The molecule has 1 aromatic heterocycles. The van der Waals surface area contributed by atoms with Gasteiger partial charge in [-0.1, -0.05) is 43.0 Å². The molecule has 0 amide bonds. The molecule has 0 spiro atoms. The third-order valence-electron chi connectivity index (χ3n) is 4.26. The van der Waals surface area contributed by atoms with Crippen LogP contribution in [0.1, 0.15) is 6.92 Å². The van der Waals surface area contributed by atoms with Crippen molar-refractivity contribution in [2.45, 2.75) is 12.1 Å². The van der Waals surface area contributed by atoms with Gasteiger partial charge in [-0.2, -0.15) is 0 Å². The largest absolute Gasteiger partial charge is 0.378 e. The van der Waals surface area contributed by atoms with Gasteiger partial charge in [0.15, 0.2) is 0 Å². The summed E-state index contributed by atoms with van der Waals surface area (Å²) < 4.78 is 0.